The molecule has 2 fully saturated rings. The summed E-state index contributed by atoms with van der Waals surface area (Å²) in [6, 6.07) is 22.1. The van der Waals surface area contributed by atoms with Gasteiger partial charge in [-0.05, 0) is 49.9 Å². The summed E-state index contributed by atoms with van der Waals surface area (Å²) in [6.07, 6.45) is 10.5. The van der Waals surface area contributed by atoms with Crippen molar-refractivity contribution in [1.29, 1.82) is 0 Å². The van der Waals surface area contributed by atoms with Gasteiger partial charge in [-0.3, -0.25) is 0 Å². The van der Waals surface area contributed by atoms with Crippen LogP contribution in [-0.2, 0) is 0 Å². The minimum atomic E-state index is 0.378. The highest BCUT2D eigenvalue weighted by molar-refractivity contribution is 5.22. The molecule has 29 heavy (non-hydrogen) atoms. The van der Waals surface area contributed by atoms with Crippen LogP contribution < -0.4 is 9.47 Å². The van der Waals surface area contributed by atoms with Gasteiger partial charge in [0.05, 0.1) is 38.4 Å². The van der Waals surface area contributed by atoms with E-state index in [2.05, 4.69) is 62.6 Å². The first-order valence-corrected chi connectivity index (χ1v) is 11.4. The second kappa shape index (κ2) is 9.21. The number of nitrogens with zero attached hydrogens (tertiary/aromatic N) is 1. The Hall–Kier alpha value is -2.00. The Bertz CT molecular complexity index is 666. The first kappa shape index (κ1) is 20.3. The Kier molecular flexibility index (Phi) is 6.44. The molecule has 0 radical (unpaired) electrons. The van der Waals surface area contributed by atoms with E-state index in [0.29, 0.717) is 12.2 Å². The van der Waals surface area contributed by atoms with Crippen LogP contribution in [0.4, 0.5) is 0 Å². The third-order valence-electron chi connectivity index (χ3n) is 7.26. The molecule has 2 aromatic rings. The molecule has 156 valence electrons. The Labute approximate surface area is 176 Å². The predicted molar refractivity (Wildman–Crippen MR) is 118 cm³/mol. The van der Waals surface area contributed by atoms with E-state index in [1.807, 2.05) is 12.1 Å². The van der Waals surface area contributed by atoms with Crippen LogP contribution in [0, 0.1) is 0 Å². The Morgan fingerprint density at radius 1 is 0.552 bits per heavy atom. The lowest BCUT2D eigenvalue weighted by Gasteiger charge is -2.48. The van der Waals surface area contributed by atoms with Crippen molar-refractivity contribution in [3.63, 3.8) is 0 Å². The molecule has 0 N–H and O–H groups in total. The van der Waals surface area contributed by atoms with Gasteiger partial charge in [-0.25, -0.2) is 0 Å². The van der Waals surface area contributed by atoms with Crippen LogP contribution >= 0.6 is 0 Å². The minimum absolute atomic E-state index is 0.378. The predicted octanol–water partition coefficient (Wildman–Crippen LogP) is 5.84. The number of para-hydroxylation sites is 2. The average Bonchev–Trinajstić information content (AvgIpc) is 2.76. The fourth-order valence-electron chi connectivity index (χ4n) is 5.34. The van der Waals surface area contributed by atoms with Crippen molar-refractivity contribution in [2.24, 2.45) is 0 Å². The summed E-state index contributed by atoms with van der Waals surface area (Å²) in [7, 11) is 4.93. The Morgan fingerprint density at radius 3 is 1.24 bits per heavy atom. The molecule has 2 aromatic carbocycles. The summed E-state index contributed by atoms with van der Waals surface area (Å²) < 4.78 is 13.6. The topological polar surface area (TPSA) is 18.5 Å². The standard InChI is InChI=1S/C26H36NO2/c1-27(2,21-13-17-25(18-14-21)28-23-9-5-3-6-10-23)22-15-19-26(20-16-22)29-24-11-7-4-8-12-24/h3-12,21-22,25-26H,13-20H2,1-2H3/q+1. The zero-order valence-electron chi connectivity index (χ0n) is 18.0. The SMILES string of the molecule is C[N+](C)(C1CCC(Oc2ccccc2)CC1)C1CCC(Oc2ccccc2)CC1. The van der Waals surface area contributed by atoms with E-state index >= 15 is 0 Å². The van der Waals surface area contributed by atoms with Crippen molar-refractivity contribution in [3.8, 4) is 11.5 Å². The van der Waals surface area contributed by atoms with Gasteiger partial charge in [0.2, 0.25) is 0 Å². The smallest absolute Gasteiger partial charge is 0.119 e. The summed E-state index contributed by atoms with van der Waals surface area (Å²) in [6.45, 7) is 0. The number of rotatable bonds is 6. The van der Waals surface area contributed by atoms with Crippen LogP contribution in [0.1, 0.15) is 51.4 Å². The van der Waals surface area contributed by atoms with Crippen LogP contribution in [0.15, 0.2) is 60.7 Å². The van der Waals surface area contributed by atoms with Gasteiger partial charge in [0.25, 0.3) is 0 Å². The van der Waals surface area contributed by atoms with Crippen LogP contribution in [-0.4, -0.2) is 42.9 Å². The lowest BCUT2D eigenvalue weighted by Crippen LogP contribution is -2.58. The lowest BCUT2D eigenvalue weighted by molar-refractivity contribution is -0.941. The van der Waals surface area contributed by atoms with E-state index in [1.165, 1.54) is 51.4 Å². The van der Waals surface area contributed by atoms with Gasteiger partial charge in [-0.1, -0.05) is 36.4 Å². The molecule has 2 saturated carbocycles. The van der Waals surface area contributed by atoms with Gasteiger partial charge >= 0.3 is 0 Å². The quantitative estimate of drug-likeness (QED) is 0.573. The van der Waals surface area contributed by atoms with E-state index in [1.54, 1.807) is 0 Å². The van der Waals surface area contributed by atoms with Crippen molar-refractivity contribution in [2.45, 2.75) is 75.7 Å². The molecule has 0 spiro atoms. The van der Waals surface area contributed by atoms with Gasteiger partial charge in [-0.15, -0.1) is 0 Å². The molecular weight excluding hydrogens is 358 g/mol. The van der Waals surface area contributed by atoms with Crippen LogP contribution in [0.5, 0.6) is 11.5 Å². The van der Waals surface area contributed by atoms with Gasteiger partial charge in [0.15, 0.2) is 0 Å². The number of hydrogen-bond acceptors (Lipinski definition) is 2. The molecule has 0 atom stereocenters. The third kappa shape index (κ3) is 5.14. The first-order valence-electron chi connectivity index (χ1n) is 11.4. The summed E-state index contributed by atoms with van der Waals surface area (Å²) in [5.74, 6) is 2.03. The Balaban J connectivity index is 1.25. The maximum atomic E-state index is 6.21. The summed E-state index contributed by atoms with van der Waals surface area (Å²) in [4.78, 5) is 0. The molecular formula is C26H36NO2+. The molecule has 4 rings (SSSR count). The van der Waals surface area contributed by atoms with Gasteiger partial charge in [0, 0.05) is 25.7 Å². The number of hydrogen-bond donors (Lipinski definition) is 0. The maximum Gasteiger partial charge on any atom is 0.119 e. The molecule has 0 aromatic heterocycles. The first-order chi connectivity index (χ1) is 14.1. The summed E-state index contributed by atoms with van der Waals surface area (Å²) in [5.41, 5.74) is 0. The highest BCUT2D eigenvalue weighted by Gasteiger charge is 2.41. The summed E-state index contributed by atoms with van der Waals surface area (Å²) in [5, 5.41) is 0. The van der Waals surface area contributed by atoms with Crippen LogP contribution in [0.25, 0.3) is 0 Å². The zero-order valence-corrected chi connectivity index (χ0v) is 18.0. The second-order valence-electron chi connectivity index (χ2n) is 9.35. The van der Waals surface area contributed by atoms with E-state index in [-0.39, 0.29) is 0 Å². The zero-order chi connectivity index (χ0) is 20.1. The van der Waals surface area contributed by atoms with E-state index < -0.39 is 0 Å². The van der Waals surface area contributed by atoms with E-state index in [4.69, 9.17) is 9.47 Å². The molecule has 2 aliphatic carbocycles. The molecule has 0 heterocycles. The highest BCUT2D eigenvalue weighted by Crippen LogP contribution is 2.35. The maximum absolute atomic E-state index is 6.21. The van der Waals surface area contributed by atoms with Crippen LogP contribution in [0.2, 0.25) is 0 Å². The van der Waals surface area contributed by atoms with Crippen molar-refractivity contribution in [3.05, 3.63) is 60.7 Å². The third-order valence-corrected chi connectivity index (χ3v) is 7.26. The van der Waals surface area contributed by atoms with Crippen molar-refractivity contribution in [1.82, 2.24) is 0 Å². The molecule has 0 unspecified atom stereocenters. The van der Waals surface area contributed by atoms with Gasteiger partial charge in [0.1, 0.15) is 11.5 Å². The Morgan fingerprint density at radius 2 is 0.897 bits per heavy atom. The van der Waals surface area contributed by atoms with E-state index in [0.717, 1.165) is 28.1 Å². The lowest BCUT2D eigenvalue weighted by atomic mass is 9.85. The molecule has 0 bridgehead atoms. The van der Waals surface area contributed by atoms with Crippen molar-refractivity contribution in [2.75, 3.05) is 14.1 Å². The van der Waals surface area contributed by atoms with Crippen molar-refractivity contribution < 1.29 is 14.0 Å². The fourth-order valence-corrected chi connectivity index (χ4v) is 5.34. The molecule has 3 nitrogen and oxygen atoms in total. The fraction of sp³-hybridized carbons (Fsp3) is 0.538. The highest BCUT2D eigenvalue weighted by atomic mass is 16.5. The molecule has 0 aliphatic heterocycles. The molecule has 0 saturated heterocycles. The summed E-state index contributed by atoms with van der Waals surface area (Å²) >= 11 is 0. The molecule has 3 heteroatoms. The van der Waals surface area contributed by atoms with E-state index in [9.17, 15) is 0 Å². The number of benzene rings is 2. The van der Waals surface area contributed by atoms with Gasteiger partial charge < -0.3 is 14.0 Å². The van der Waals surface area contributed by atoms with Crippen LogP contribution in [0.3, 0.4) is 0 Å². The number of ether oxygens (including phenoxy) is 2. The monoisotopic (exact) mass is 394 g/mol. The second-order valence-corrected chi connectivity index (χ2v) is 9.35. The normalized spacial score (nSPS) is 27.9. The van der Waals surface area contributed by atoms with Gasteiger partial charge in [-0.2, -0.15) is 0 Å². The number of quaternary nitrogens is 1. The van der Waals surface area contributed by atoms with Crippen molar-refractivity contribution >= 4 is 0 Å². The molecule has 2 aliphatic rings. The minimum Gasteiger partial charge on any atom is -0.490 e. The largest absolute Gasteiger partial charge is 0.490 e. The average molecular weight is 395 g/mol. The molecule has 0 amide bonds.